The maximum Gasteiger partial charge on any atom is 0.394 e. The monoisotopic (exact) mass is 237 g/mol. The Kier molecular flexibility index (Phi) is 2.68. The van der Waals surface area contributed by atoms with Gasteiger partial charge < -0.3 is 9.72 Å². The van der Waals surface area contributed by atoms with E-state index in [2.05, 4.69) is 14.7 Å². The van der Waals surface area contributed by atoms with Crippen LogP contribution in [0.4, 0.5) is 8.78 Å². The van der Waals surface area contributed by atoms with Crippen LogP contribution < -0.4 is 4.74 Å². The zero-order valence-corrected chi connectivity index (χ0v) is 9.00. The Labute approximate surface area is 95.8 Å². The second-order valence-electron chi connectivity index (χ2n) is 3.61. The van der Waals surface area contributed by atoms with Gasteiger partial charge in [-0.3, -0.25) is 0 Å². The fourth-order valence-electron chi connectivity index (χ4n) is 1.47. The first-order valence-electron chi connectivity index (χ1n) is 4.90. The second kappa shape index (κ2) is 4.01. The number of nitriles is 1. The van der Waals surface area contributed by atoms with Gasteiger partial charge >= 0.3 is 6.11 Å². The maximum absolute atomic E-state index is 12.6. The van der Waals surface area contributed by atoms with Gasteiger partial charge in [-0.15, -0.1) is 0 Å². The Hall–Kier alpha value is -2.16. The molecule has 0 aliphatic carbocycles. The summed E-state index contributed by atoms with van der Waals surface area (Å²) in [6.07, 6.45) is -3.07. The molecule has 0 amide bonds. The van der Waals surface area contributed by atoms with E-state index in [0.717, 1.165) is 0 Å². The summed E-state index contributed by atoms with van der Waals surface area (Å²) in [5.74, 6) is 0.556. The number of rotatable bonds is 3. The summed E-state index contributed by atoms with van der Waals surface area (Å²) in [6, 6.07) is 6.36. The summed E-state index contributed by atoms with van der Waals surface area (Å²) in [4.78, 5) is 6.98. The highest BCUT2D eigenvalue weighted by Crippen LogP contribution is 2.24. The van der Waals surface area contributed by atoms with E-state index in [4.69, 9.17) is 5.26 Å². The number of fused-ring (bicyclic) bond motifs is 1. The van der Waals surface area contributed by atoms with Crippen LogP contribution in [0.15, 0.2) is 18.2 Å². The smallest absolute Gasteiger partial charge is 0.394 e. The lowest BCUT2D eigenvalue weighted by molar-refractivity contribution is -0.158. The van der Waals surface area contributed by atoms with Gasteiger partial charge in [-0.05, 0) is 12.1 Å². The highest BCUT2D eigenvalue weighted by Gasteiger charge is 2.23. The Morgan fingerprint density at radius 3 is 2.94 bits per heavy atom. The summed E-state index contributed by atoms with van der Waals surface area (Å²) in [5, 5.41) is 8.52. The van der Waals surface area contributed by atoms with Gasteiger partial charge in [0.05, 0.1) is 23.5 Å². The van der Waals surface area contributed by atoms with E-state index in [1.807, 2.05) is 6.07 Å². The van der Waals surface area contributed by atoms with Crippen LogP contribution >= 0.6 is 0 Å². The second-order valence-corrected chi connectivity index (χ2v) is 3.61. The Bertz CT molecular complexity index is 580. The number of H-pyrrole nitrogens is 1. The Morgan fingerprint density at radius 2 is 2.29 bits per heavy atom. The minimum Gasteiger partial charge on any atom is -0.433 e. The average Bonchev–Trinajstić information content (AvgIpc) is 2.57. The minimum atomic E-state index is -3.22. The maximum atomic E-state index is 12.6. The normalized spacial score (nSPS) is 11.4. The molecule has 0 saturated heterocycles. The molecule has 0 saturated carbocycles. The number of imidazole rings is 1. The van der Waals surface area contributed by atoms with Crippen molar-refractivity contribution in [1.29, 1.82) is 5.26 Å². The summed E-state index contributed by atoms with van der Waals surface area (Å²) in [6.45, 7) is 0.672. The summed E-state index contributed by atoms with van der Waals surface area (Å²) in [5.41, 5.74) is 1.18. The van der Waals surface area contributed by atoms with Crippen LogP contribution in [0.2, 0.25) is 0 Å². The lowest BCUT2D eigenvalue weighted by Crippen LogP contribution is -2.18. The van der Waals surface area contributed by atoms with Gasteiger partial charge in [0, 0.05) is 13.0 Å². The van der Waals surface area contributed by atoms with E-state index in [1.54, 1.807) is 6.07 Å². The largest absolute Gasteiger partial charge is 0.433 e. The van der Waals surface area contributed by atoms with Gasteiger partial charge in [-0.2, -0.15) is 14.0 Å². The van der Waals surface area contributed by atoms with Crippen LogP contribution in [-0.4, -0.2) is 16.1 Å². The molecular weight excluding hydrogens is 228 g/mol. The van der Waals surface area contributed by atoms with Crippen LogP contribution in [-0.2, 0) is 6.42 Å². The zero-order valence-electron chi connectivity index (χ0n) is 9.00. The topological polar surface area (TPSA) is 61.7 Å². The van der Waals surface area contributed by atoms with Gasteiger partial charge in [0.25, 0.3) is 0 Å². The van der Waals surface area contributed by atoms with Gasteiger partial charge in [0.2, 0.25) is 0 Å². The van der Waals surface area contributed by atoms with Gasteiger partial charge in [0.1, 0.15) is 11.6 Å². The molecule has 0 spiro atoms. The number of hydrogen-bond donors (Lipinski definition) is 1. The Morgan fingerprint density at radius 1 is 1.53 bits per heavy atom. The number of benzene rings is 1. The van der Waals surface area contributed by atoms with Crippen LogP contribution in [0.1, 0.15) is 12.7 Å². The number of aromatic nitrogens is 2. The molecule has 88 valence electrons. The molecule has 2 aromatic rings. The molecule has 1 heterocycles. The van der Waals surface area contributed by atoms with E-state index in [0.29, 0.717) is 23.8 Å². The predicted octanol–water partition coefficient (Wildman–Crippen LogP) is 2.62. The van der Waals surface area contributed by atoms with Crippen LogP contribution in [0.25, 0.3) is 11.0 Å². The average molecular weight is 237 g/mol. The molecule has 4 nitrogen and oxygen atoms in total. The third-order valence-corrected chi connectivity index (χ3v) is 2.05. The standard InChI is InChI=1S/C11H9F2N3O/c1-11(12,13)17-7-2-3-8-9(6-7)16-10(15-8)4-5-14/h2-3,6H,4H2,1H3,(H,15,16). The number of halogens is 2. The quantitative estimate of drug-likeness (QED) is 0.892. The van der Waals surface area contributed by atoms with Crippen molar-refractivity contribution in [2.45, 2.75) is 19.5 Å². The zero-order chi connectivity index (χ0) is 12.5. The van der Waals surface area contributed by atoms with Crippen LogP contribution in [0.5, 0.6) is 5.75 Å². The van der Waals surface area contributed by atoms with Crippen molar-refractivity contribution < 1.29 is 13.5 Å². The van der Waals surface area contributed by atoms with Gasteiger partial charge in [-0.25, -0.2) is 4.98 Å². The highest BCUT2D eigenvalue weighted by atomic mass is 19.3. The molecule has 0 aliphatic heterocycles. The number of hydrogen-bond acceptors (Lipinski definition) is 3. The predicted molar refractivity (Wildman–Crippen MR) is 56.7 cm³/mol. The van der Waals surface area contributed by atoms with Gasteiger partial charge in [-0.1, -0.05) is 0 Å². The lowest BCUT2D eigenvalue weighted by atomic mass is 10.3. The fraction of sp³-hybridized carbons (Fsp3) is 0.273. The molecule has 1 aromatic heterocycles. The van der Waals surface area contributed by atoms with E-state index < -0.39 is 6.11 Å². The molecule has 0 aliphatic rings. The van der Waals surface area contributed by atoms with Gasteiger partial charge in [0.15, 0.2) is 0 Å². The number of nitrogens with one attached hydrogen (secondary N) is 1. The Balaban J connectivity index is 2.34. The number of nitrogens with zero attached hydrogens (tertiary/aromatic N) is 2. The summed E-state index contributed by atoms with van der Waals surface area (Å²) < 4.78 is 29.7. The van der Waals surface area contributed by atoms with Crippen molar-refractivity contribution in [1.82, 2.24) is 9.97 Å². The molecule has 17 heavy (non-hydrogen) atoms. The fourth-order valence-corrected chi connectivity index (χ4v) is 1.47. The van der Waals surface area contributed by atoms with E-state index in [9.17, 15) is 8.78 Å². The van der Waals surface area contributed by atoms with Crippen molar-refractivity contribution in [2.75, 3.05) is 0 Å². The van der Waals surface area contributed by atoms with E-state index in [-0.39, 0.29) is 12.2 Å². The highest BCUT2D eigenvalue weighted by molar-refractivity contribution is 5.76. The molecule has 6 heteroatoms. The molecule has 2 rings (SSSR count). The van der Waals surface area contributed by atoms with E-state index in [1.165, 1.54) is 12.1 Å². The van der Waals surface area contributed by atoms with Crippen molar-refractivity contribution in [2.24, 2.45) is 0 Å². The SMILES string of the molecule is CC(F)(F)Oc1ccc2nc(CC#N)[nH]c2c1. The first kappa shape index (κ1) is 11.3. The minimum absolute atomic E-state index is 0.0529. The summed E-state index contributed by atoms with van der Waals surface area (Å²) >= 11 is 0. The third-order valence-electron chi connectivity index (χ3n) is 2.05. The molecule has 0 atom stereocenters. The van der Waals surface area contributed by atoms with Crippen molar-refractivity contribution in [3.8, 4) is 11.8 Å². The number of ether oxygens (including phenoxy) is 1. The van der Waals surface area contributed by atoms with Crippen molar-refractivity contribution in [3.63, 3.8) is 0 Å². The molecule has 0 fully saturated rings. The lowest BCUT2D eigenvalue weighted by Gasteiger charge is -2.12. The van der Waals surface area contributed by atoms with Crippen molar-refractivity contribution >= 4 is 11.0 Å². The first-order chi connectivity index (χ1) is 7.98. The number of aromatic amines is 1. The molecule has 0 radical (unpaired) electrons. The summed E-state index contributed by atoms with van der Waals surface area (Å²) in [7, 11) is 0. The third kappa shape index (κ3) is 2.69. The van der Waals surface area contributed by atoms with E-state index >= 15 is 0 Å². The van der Waals surface area contributed by atoms with Crippen LogP contribution in [0.3, 0.4) is 0 Å². The molecule has 0 unspecified atom stereocenters. The van der Waals surface area contributed by atoms with Crippen LogP contribution in [0, 0.1) is 11.3 Å². The molecule has 1 N–H and O–H groups in total. The molecule has 1 aromatic carbocycles. The molecule has 0 bridgehead atoms. The molecular formula is C11H9F2N3O. The first-order valence-corrected chi connectivity index (χ1v) is 4.90. The number of alkyl halides is 2. The van der Waals surface area contributed by atoms with Crippen molar-refractivity contribution in [3.05, 3.63) is 24.0 Å².